The first-order chi connectivity index (χ1) is 23.6. The summed E-state index contributed by atoms with van der Waals surface area (Å²) in [7, 11) is 0. The Morgan fingerprint density at radius 3 is 2.35 bits per heavy atom. The van der Waals surface area contributed by atoms with Crippen molar-refractivity contribution >= 4 is 46.0 Å². The molecule has 0 N–H and O–H groups in total. The maximum Gasteiger partial charge on any atom is 0.410 e. The molecule has 1 aromatic heterocycles. The summed E-state index contributed by atoms with van der Waals surface area (Å²) < 4.78 is 34.7. The Morgan fingerprint density at radius 1 is 0.980 bits per heavy atom. The van der Waals surface area contributed by atoms with Crippen molar-refractivity contribution in [1.82, 2.24) is 19.8 Å². The molecule has 4 unspecified atom stereocenters. The molecule has 4 bridgehead atoms. The summed E-state index contributed by atoms with van der Waals surface area (Å²) in [5.41, 5.74) is 1.51. The largest absolute Gasteiger partial charge is 0.463 e. The van der Waals surface area contributed by atoms with Crippen LogP contribution in [0, 0.1) is 5.82 Å². The fraction of sp³-hybridized carbons (Fsp3) is 0.595. The number of fused-ring (bicyclic) bond motifs is 5. The van der Waals surface area contributed by atoms with Gasteiger partial charge in [0.15, 0.2) is 5.82 Å². The van der Waals surface area contributed by atoms with Crippen LogP contribution in [-0.4, -0.2) is 95.1 Å². The van der Waals surface area contributed by atoms with Crippen LogP contribution in [0.4, 0.5) is 15.0 Å². The van der Waals surface area contributed by atoms with E-state index < -0.39 is 11.4 Å². The third-order valence-corrected chi connectivity index (χ3v) is 11.3. The lowest BCUT2D eigenvalue weighted by Gasteiger charge is -2.42. The number of anilines is 1. The number of aromatic nitrogens is 2. The van der Waals surface area contributed by atoms with Crippen LogP contribution in [0.3, 0.4) is 0 Å². The molecule has 2 aromatic carbocycles. The number of morpholine rings is 1. The van der Waals surface area contributed by atoms with Gasteiger partial charge in [-0.05, 0) is 94.9 Å². The smallest absolute Gasteiger partial charge is 0.410 e. The first-order valence-electron chi connectivity index (χ1n) is 17.8. The van der Waals surface area contributed by atoms with Crippen LogP contribution in [0.25, 0.3) is 22.0 Å². The minimum Gasteiger partial charge on any atom is -0.463 e. The second-order valence-electron chi connectivity index (χ2n) is 15.3. The molecule has 4 aliphatic heterocycles. The Bertz CT molecular complexity index is 1740. The highest BCUT2D eigenvalue weighted by Gasteiger charge is 2.45. The zero-order chi connectivity index (χ0) is 34.0. The summed E-state index contributed by atoms with van der Waals surface area (Å²) in [6.07, 6.45) is 6.58. The number of nitrogens with zero attached hydrogens (tertiary/aromatic N) is 5. The first kappa shape index (κ1) is 33.2. The number of halogens is 3. The molecular formula is C37H44Cl2FN5O4. The molecule has 262 valence electrons. The summed E-state index contributed by atoms with van der Waals surface area (Å²) in [4.78, 5) is 29.4. The van der Waals surface area contributed by atoms with Crippen LogP contribution < -0.4 is 9.64 Å². The Labute approximate surface area is 297 Å². The molecule has 1 amide bonds. The van der Waals surface area contributed by atoms with E-state index in [0.717, 1.165) is 57.4 Å². The molecule has 8 rings (SSSR count). The van der Waals surface area contributed by atoms with Crippen LogP contribution >= 0.6 is 23.2 Å². The van der Waals surface area contributed by atoms with Gasteiger partial charge in [-0.3, -0.25) is 9.80 Å². The minimum atomic E-state index is -0.585. The summed E-state index contributed by atoms with van der Waals surface area (Å²) in [5, 5.41) is 1.42. The monoisotopic (exact) mass is 711 g/mol. The van der Waals surface area contributed by atoms with E-state index in [1.54, 1.807) is 6.07 Å². The molecule has 1 aliphatic carbocycles. The second-order valence-corrected chi connectivity index (χ2v) is 16.1. The second kappa shape index (κ2) is 13.0. The fourth-order valence-electron chi connectivity index (χ4n) is 8.43. The maximum absolute atomic E-state index is 17.0. The van der Waals surface area contributed by atoms with Gasteiger partial charge in [0.05, 0.1) is 36.9 Å². The minimum absolute atomic E-state index is 0.0565. The van der Waals surface area contributed by atoms with E-state index in [4.69, 9.17) is 42.4 Å². The third kappa shape index (κ3) is 6.43. The SMILES string of the molecule is CC(C)(C)OC(=O)N1C2CCC1CN(c1nc(OCCCN3C4CCC3COC4)nc3c(F)c(-c4cccc(Cl)c4C4CC4)c(Cl)cc13)C2. The molecule has 5 fully saturated rings. The van der Waals surface area contributed by atoms with Gasteiger partial charge in [-0.2, -0.15) is 9.97 Å². The van der Waals surface area contributed by atoms with Crippen LogP contribution in [0.1, 0.15) is 77.2 Å². The van der Waals surface area contributed by atoms with Crippen molar-refractivity contribution < 1.29 is 23.4 Å². The summed E-state index contributed by atoms with van der Waals surface area (Å²) >= 11 is 13.6. The number of benzene rings is 2. The molecule has 49 heavy (non-hydrogen) atoms. The van der Waals surface area contributed by atoms with E-state index in [9.17, 15) is 4.79 Å². The number of ether oxygens (including phenoxy) is 3. The lowest BCUT2D eigenvalue weighted by Crippen LogP contribution is -2.57. The van der Waals surface area contributed by atoms with E-state index >= 15 is 4.39 Å². The van der Waals surface area contributed by atoms with Gasteiger partial charge in [-0.1, -0.05) is 35.3 Å². The average Bonchev–Trinajstić information content (AvgIpc) is 3.81. The quantitative estimate of drug-likeness (QED) is 0.219. The van der Waals surface area contributed by atoms with Crippen LogP contribution in [0.15, 0.2) is 24.3 Å². The molecule has 3 aromatic rings. The number of hydrogen-bond donors (Lipinski definition) is 0. The number of hydrogen-bond acceptors (Lipinski definition) is 8. The number of carbonyl (C=O) groups excluding carboxylic acids is 1. The number of rotatable bonds is 8. The van der Waals surface area contributed by atoms with Crippen LogP contribution in [0.5, 0.6) is 6.01 Å². The van der Waals surface area contributed by atoms with Crippen molar-refractivity contribution in [3.05, 3.63) is 45.7 Å². The van der Waals surface area contributed by atoms with Gasteiger partial charge in [0, 0.05) is 47.7 Å². The van der Waals surface area contributed by atoms with Crippen molar-refractivity contribution in [2.75, 3.05) is 44.4 Å². The van der Waals surface area contributed by atoms with Gasteiger partial charge in [-0.15, -0.1) is 0 Å². The van der Waals surface area contributed by atoms with Gasteiger partial charge in [0.25, 0.3) is 0 Å². The Kier molecular flexibility index (Phi) is 8.82. The van der Waals surface area contributed by atoms with Gasteiger partial charge < -0.3 is 19.1 Å². The topological polar surface area (TPSA) is 80.3 Å². The lowest BCUT2D eigenvalue weighted by atomic mass is 9.95. The van der Waals surface area contributed by atoms with E-state index in [1.807, 2.05) is 43.9 Å². The van der Waals surface area contributed by atoms with Gasteiger partial charge in [-0.25, -0.2) is 9.18 Å². The predicted octanol–water partition coefficient (Wildman–Crippen LogP) is 7.84. The highest BCUT2D eigenvalue weighted by atomic mass is 35.5. The fourth-order valence-corrected chi connectivity index (χ4v) is 9.05. The maximum atomic E-state index is 17.0. The van der Waals surface area contributed by atoms with E-state index in [0.29, 0.717) is 59.1 Å². The number of amides is 1. The highest BCUT2D eigenvalue weighted by molar-refractivity contribution is 6.35. The zero-order valence-electron chi connectivity index (χ0n) is 28.4. The van der Waals surface area contributed by atoms with Crippen molar-refractivity contribution in [3.63, 3.8) is 0 Å². The lowest BCUT2D eigenvalue weighted by molar-refractivity contribution is -0.0161. The molecule has 12 heteroatoms. The third-order valence-electron chi connectivity index (χ3n) is 10.7. The highest BCUT2D eigenvalue weighted by Crippen LogP contribution is 2.50. The molecular weight excluding hydrogens is 668 g/mol. The summed E-state index contributed by atoms with van der Waals surface area (Å²) in [6, 6.07) is 8.33. The Hall–Kier alpha value is -2.92. The number of carbonyl (C=O) groups is 1. The van der Waals surface area contributed by atoms with Crippen LogP contribution in [0.2, 0.25) is 10.0 Å². The molecule has 5 heterocycles. The molecule has 4 atom stereocenters. The molecule has 9 nitrogen and oxygen atoms in total. The molecule has 0 radical (unpaired) electrons. The first-order valence-corrected chi connectivity index (χ1v) is 18.5. The summed E-state index contributed by atoms with van der Waals surface area (Å²) in [6.45, 7) is 9.59. The number of piperazine rings is 1. The van der Waals surface area contributed by atoms with Crippen molar-refractivity contribution in [2.24, 2.45) is 0 Å². The van der Waals surface area contributed by atoms with Crippen LogP contribution in [-0.2, 0) is 9.47 Å². The van der Waals surface area contributed by atoms with Crippen molar-refractivity contribution in [3.8, 4) is 17.1 Å². The van der Waals surface area contributed by atoms with E-state index in [2.05, 4.69) is 14.8 Å². The molecule has 0 spiro atoms. The standard InChI is InChI=1S/C37H44Cl2FN5O4/c1-37(2,3)49-36(46)45-22-10-11-23(45)18-43(17-22)34-27-16-29(39)31(26-6-4-7-28(38)30(26)21-8-9-21)32(40)33(27)41-35(42-34)48-15-5-14-44-24-12-13-25(44)20-47-19-24/h4,6-7,16,21-25H,5,8-15,17-20H2,1-3H3. The molecule has 4 saturated heterocycles. The van der Waals surface area contributed by atoms with Gasteiger partial charge >= 0.3 is 12.1 Å². The molecule has 5 aliphatic rings. The average molecular weight is 713 g/mol. The normalized spacial score (nSPS) is 25.3. The Morgan fingerprint density at radius 2 is 1.67 bits per heavy atom. The van der Waals surface area contributed by atoms with E-state index in [-0.39, 0.29) is 40.6 Å². The predicted molar refractivity (Wildman–Crippen MR) is 188 cm³/mol. The van der Waals surface area contributed by atoms with Gasteiger partial charge in [0.2, 0.25) is 0 Å². The van der Waals surface area contributed by atoms with Crippen molar-refractivity contribution in [2.45, 2.75) is 101 Å². The van der Waals surface area contributed by atoms with Crippen molar-refractivity contribution in [1.29, 1.82) is 0 Å². The molecule has 1 saturated carbocycles. The van der Waals surface area contributed by atoms with E-state index in [1.165, 1.54) is 12.8 Å². The Balaban J connectivity index is 1.13. The van der Waals surface area contributed by atoms with Gasteiger partial charge in [0.1, 0.15) is 16.9 Å². The summed E-state index contributed by atoms with van der Waals surface area (Å²) in [5.74, 6) is 0.335. The zero-order valence-corrected chi connectivity index (χ0v) is 29.9.